The minimum atomic E-state index is 0.167. The van der Waals surface area contributed by atoms with E-state index in [2.05, 4.69) is 19.2 Å². The Hall–Kier alpha value is -0.0800. The summed E-state index contributed by atoms with van der Waals surface area (Å²) >= 11 is 0. The first-order valence-corrected chi connectivity index (χ1v) is 3.15. The molecule has 0 aliphatic heterocycles. The Kier molecular flexibility index (Phi) is 3.83. The van der Waals surface area contributed by atoms with E-state index < -0.39 is 0 Å². The zero-order chi connectivity index (χ0) is 6.57. The number of hydrogen-bond donors (Lipinski definition) is 2. The van der Waals surface area contributed by atoms with Gasteiger partial charge in [0.25, 0.3) is 0 Å². The third kappa shape index (κ3) is 2.28. The summed E-state index contributed by atoms with van der Waals surface area (Å²) in [6.07, 6.45) is 1.31. The van der Waals surface area contributed by atoms with E-state index >= 15 is 0 Å². The average Bonchev–Trinajstić information content (AvgIpc) is 1.84. The Morgan fingerprint density at radius 2 is 2.12 bits per heavy atom. The lowest BCUT2D eigenvalue weighted by Crippen LogP contribution is -2.39. The molecule has 0 spiro atoms. The molecule has 50 valence electrons. The number of hydrogen-bond acceptors (Lipinski definition) is 2. The highest BCUT2D eigenvalue weighted by Gasteiger charge is 2.05. The van der Waals surface area contributed by atoms with E-state index in [4.69, 9.17) is 5.73 Å². The lowest BCUT2D eigenvalue weighted by molar-refractivity contribution is 0.399. The lowest BCUT2D eigenvalue weighted by atomic mass is 10.1. The topological polar surface area (TPSA) is 38.0 Å². The fraction of sp³-hybridized carbons (Fsp3) is 1.00. The molecular weight excluding hydrogens is 100 g/mol. The summed E-state index contributed by atoms with van der Waals surface area (Å²) in [6.45, 7) is 4.28. The van der Waals surface area contributed by atoms with Crippen LogP contribution in [0.25, 0.3) is 0 Å². The third-order valence-corrected chi connectivity index (χ3v) is 1.59. The van der Waals surface area contributed by atoms with Gasteiger partial charge in [0.15, 0.2) is 0 Å². The number of nitrogens with two attached hydrogens (primary N) is 1. The molecule has 0 aromatic carbocycles. The van der Waals surface area contributed by atoms with Crippen molar-refractivity contribution >= 4 is 0 Å². The minimum Gasteiger partial charge on any atom is -0.316 e. The molecule has 0 aliphatic carbocycles. The van der Waals surface area contributed by atoms with Crippen molar-refractivity contribution in [3.05, 3.63) is 0 Å². The molecule has 0 rings (SSSR count). The van der Waals surface area contributed by atoms with Crippen molar-refractivity contribution in [2.75, 3.05) is 7.05 Å². The summed E-state index contributed by atoms with van der Waals surface area (Å²) in [6, 6.07) is 0. The summed E-state index contributed by atoms with van der Waals surface area (Å²) in [7, 11) is 1.89. The molecule has 0 heterocycles. The SMILES string of the molecule is CC[C@H](C)[C@H](N)NC. The lowest BCUT2D eigenvalue weighted by Gasteiger charge is -2.16. The van der Waals surface area contributed by atoms with Crippen LogP contribution >= 0.6 is 0 Å². The number of rotatable bonds is 3. The van der Waals surface area contributed by atoms with Gasteiger partial charge in [-0.25, -0.2) is 0 Å². The van der Waals surface area contributed by atoms with Crippen LogP contribution < -0.4 is 11.1 Å². The molecular formula is C6H16N2. The van der Waals surface area contributed by atoms with Gasteiger partial charge in [0.2, 0.25) is 0 Å². The Labute approximate surface area is 51.5 Å². The van der Waals surface area contributed by atoms with Gasteiger partial charge in [-0.2, -0.15) is 0 Å². The van der Waals surface area contributed by atoms with Crippen LogP contribution in [0.1, 0.15) is 20.3 Å². The van der Waals surface area contributed by atoms with Gasteiger partial charge >= 0.3 is 0 Å². The Balaban J connectivity index is 3.29. The van der Waals surface area contributed by atoms with Crippen molar-refractivity contribution in [1.29, 1.82) is 0 Å². The molecule has 2 atom stereocenters. The second-order valence-electron chi connectivity index (χ2n) is 2.20. The maximum absolute atomic E-state index is 5.62. The molecule has 0 radical (unpaired) electrons. The molecule has 0 fully saturated rings. The van der Waals surface area contributed by atoms with E-state index in [1.54, 1.807) is 0 Å². The smallest absolute Gasteiger partial charge is 0.0570 e. The molecule has 8 heavy (non-hydrogen) atoms. The van der Waals surface area contributed by atoms with Crippen molar-refractivity contribution in [1.82, 2.24) is 5.32 Å². The van der Waals surface area contributed by atoms with Gasteiger partial charge in [0.1, 0.15) is 0 Å². The molecule has 3 N–H and O–H groups in total. The molecule has 0 aromatic heterocycles. The molecule has 0 unspecified atom stereocenters. The standard InChI is InChI=1S/C6H16N2/c1-4-5(2)6(7)8-3/h5-6,8H,4,7H2,1-3H3/t5-,6+/m0/s1. The molecule has 0 aromatic rings. The molecule has 2 heteroatoms. The summed E-state index contributed by atoms with van der Waals surface area (Å²) in [5.74, 6) is 0.583. The fourth-order valence-corrected chi connectivity index (χ4v) is 0.538. The zero-order valence-electron chi connectivity index (χ0n) is 5.94. The minimum absolute atomic E-state index is 0.167. The van der Waals surface area contributed by atoms with E-state index in [1.165, 1.54) is 0 Å². The van der Waals surface area contributed by atoms with Gasteiger partial charge in [0, 0.05) is 0 Å². The highest BCUT2D eigenvalue weighted by Crippen LogP contribution is 2.00. The van der Waals surface area contributed by atoms with Crippen molar-refractivity contribution in [3.63, 3.8) is 0 Å². The van der Waals surface area contributed by atoms with E-state index in [-0.39, 0.29) is 6.17 Å². The van der Waals surface area contributed by atoms with Crippen LogP contribution in [0.5, 0.6) is 0 Å². The first-order chi connectivity index (χ1) is 3.72. The second kappa shape index (κ2) is 3.87. The molecule has 0 saturated carbocycles. The largest absolute Gasteiger partial charge is 0.316 e. The van der Waals surface area contributed by atoms with Gasteiger partial charge in [0.05, 0.1) is 6.17 Å². The molecule has 2 nitrogen and oxygen atoms in total. The van der Waals surface area contributed by atoms with E-state index in [1.807, 2.05) is 7.05 Å². The van der Waals surface area contributed by atoms with Crippen LogP contribution in [-0.2, 0) is 0 Å². The second-order valence-corrected chi connectivity index (χ2v) is 2.20. The van der Waals surface area contributed by atoms with Gasteiger partial charge in [-0.15, -0.1) is 0 Å². The first-order valence-electron chi connectivity index (χ1n) is 3.15. The highest BCUT2D eigenvalue weighted by molar-refractivity contribution is 4.61. The fourth-order valence-electron chi connectivity index (χ4n) is 0.538. The van der Waals surface area contributed by atoms with E-state index in [0.717, 1.165) is 6.42 Å². The quantitative estimate of drug-likeness (QED) is 0.528. The van der Waals surface area contributed by atoms with Gasteiger partial charge in [-0.3, -0.25) is 0 Å². The van der Waals surface area contributed by atoms with Crippen LogP contribution in [0.3, 0.4) is 0 Å². The van der Waals surface area contributed by atoms with Crippen molar-refractivity contribution in [3.8, 4) is 0 Å². The van der Waals surface area contributed by atoms with Gasteiger partial charge in [-0.05, 0) is 13.0 Å². The Morgan fingerprint density at radius 1 is 1.62 bits per heavy atom. The maximum atomic E-state index is 5.62. The molecule has 0 amide bonds. The van der Waals surface area contributed by atoms with Crippen LogP contribution in [-0.4, -0.2) is 13.2 Å². The summed E-state index contributed by atoms with van der Waals surface area (Å²) < 4.78 is 0. The van der Waals surface area contributed by atoms with Crippen LogP contribution in [0.4, 0.5) is 0 Å². The van der Waals surface area contributed by atoms with Crippen molar-refractivity contribution in [2.24, 2.45) is 11.7 Å². The van der Waals surface area contributed by atoms with E-state index in [0.29, 0.717) is 5.92 Å². The van der Waals surface area contributed by atoms with Gasteiger partial charge < -0.3 is 11.1 Å². The Morgan fingerprint density at radius 3 is 2.25 bits per heavy atom. The highest BCUT2D eigenvalue weighted by atomic mass is 15.0. The Bertz CT molecular complexity index is 46.5. The van der Waals surface area contributed by atoms with Crippen molar-refractivity contribution < 1.29 is 0 Å². The molecule has 0 aliphatic rings. The van der Waals surface area contributed by atoms with E-state index in [9.17, 15) is 0 Å². The van der Waals surface area contributed by atoms with Crippen LogP contribution in [0, 0.1) is 5.92 Å². The predicted octanol–water partition coefficient (Wildman–Crippen LogP) is 0.537. The van der Waals surface area contributed by atoms with Gasteiger partial charge in [-0.1, -0.05) is 20.3 Å². The summed E-state index contributed by atoms with van der Waals surface area (Å²) in [4.78, 5) is 0. The predicted molar refractivity (Wildman–Crippen MR) is 36.5 cm³/mol. The monoisotopic (exact) mass is 116 g/mol. The summed E-state index contributed by atoms with van der Waals surface area (Å²) in [5.41, 5.74) is 5.62. The third-order valence-electron chi connectivity index (χ3n) is 1.59. The summed E-state index contributed by atoms with van der Waals surface area (Å²) in [5, 5.41) is 2.99. The van der Waals surface area contributed by atoms with Crippen LogP contribution in [0.2, 0.25) is 0 Å². The first kappa shape index (κ1) is 7.92. The average molecular weight is 116 g/mol. The maximum Gasteiger partial charge on any atom is 0.0570 e. The number of nitrogens with one attached hydrogen (secondary N) is 1. The molecule has 0 bridgehead atoms. The normalized spacial score (nSPS) is 18.0. The van der Waals surface area contributed by atoms with Crippen molar-refractivity contribution in [2.45, 2.75) is 26.4 Å². The molecule has 0 saturated heterocycles. The zero-order valence-corrected chi connectivity index (χ0v) is 5.94. The van der Waals surface area contributed by atoms with Crippen LogP contribution in [0.15, 0.2) is 0 Å².